The third kappa shape index (κ3) is 3.42. The van der Waals surface area contributed by atoms with Gasteiger partial charge in [0, 0.05) is 23.3 Å². The molecule has 0 aliphatic rings. The summed E-state index contributed by atoms with van der Waals surface area (Å²) in [6, 6.07) is 17.9. The predicted molar refractivity (Wildman–Crippen MR) is 116 cm³/mol. The average molecular weight is 411 g/mol. The molecule has 7 nitrogen and oxygen atoms in total. The van der Waals surface area contributed by atoms with E-state index in [1.165, 1.54) is 22.9 Å². The van der Waals surface area contributed by atoms with E-state index in [2.05, 4.69) is 46.5 Å². The lowest BCUT2D eigenvalue weighted by molar-refractivity contribution is 0.755. The monoisotopic (exact) mass is 411 g/mol. The molecule has 0 aliphatic carbocycles. The molecule has 3 heterocycles. The van der Waals surface area contributed by atoms with Gasteiger partial charge in [-0.05, 0) is 77.5 Å². The highest BCUT2D eigenvalue weighted by atomic mass is 32.2. The van der Waals surface area contributed by atoms with Crippen LogP contribution in [-0.2, 0) is 0 Å². The first-order valence-corrected chi connectivity index (χ1v) is 10.2. The van der Waals surface area contributed by atoms with Crippen LogP contribution < -0.4 is 0 Å². The molecule has 0 amide bonds. The van der Waals surface area contributed by atoms with Crippen molar-refractivity contribution in [1.82, 2.24) is 35.2 Å². The highest BCUT2D eigenvalue weighted by molar-refractivity contribution is 7.99. The standard InChI is InChI=1S/C22H17N7S/c1-14-9-10-17(12-15(14)2)29-22(26-27-28-29)30-21-18-7-3-4-8-19(18)24-20(25-21)16-6-5-11-23-13-16/h3-13H,1-2H3. The van der Waals surface area contributed by atoms with Crippen LogP contribution in [0.2, 0.25) is 0 Å². The highest BCUT2D eigenvalue weighted by Crippen LogP contribution is 2.32. The molecule has 0 atom stereocenters. The minimum atomic E-state index is 0.620. The topological polar surface area (TPSA) is 82.3 Å². The number of fused-ring (bicyclic) bond motifs is 1. The zero-order chi connectivity index (χ0) is 20.5. The van der Waals surface area contributed by atoms with Crippen LogP contribution in [-0.4, -0.2) is 35.2 Å². The van der Waals surface area contributed by atoms with E-state index in [1.807, 2.05) is 42.5 Å². The Balaban J connectivity index is 1.61. The maximum Gasteiger partial charge on any atom is 0.220 e. The van der Waals surface area contributed by atoms with Gasteiger partial charge in [-0.15, -0.1) is 5.10 Å². The Bertz CT molecular complexity index is 1350. The molecule has 3 aromatic heterocycles. The van der Waals surface area contributed by atoms with E-state index in [0.717, 1.165) is 27.2 Å². The van der Waals surface area contributed by atoms with Crippen molar-refractivity contribution in [2.45, 2.75) is 24.0 Å². The van der Waals surface area contributed by atoms with Crippen LogP contribution in [0.15, 0.2) is 77.2 Å². The fourth-order valence-corrected chi connectivity index (χ4v) is 3.99. The minimum absolute atomic E-state index is 0.620. The van der Waals surface area contributed by atoms with Crippen molar-refractivity contribution in [2.75, 3.05) is 0 Å². The van der Waals surface area contributed by atoms with Gasteiger partial charge < -0.3 is 0 Å². The number of pyridine rings is 1. The maximum absolute atomic E-state index is 4.82. The van der Waals surface area contributed by atoms with E-state index < -0.39 is 0 Å². The number of benzene rings is 2. The number of hydrogen-bond donors (Lipinski definition) is 0. The van der Waals surface area contributed by atoms with Gasteiger partial charge in [-0.2, -0.15) is 4.68 Å². The molecule has 0 spiro atoms. The summed E-state index contributed by atoms with van der Waals surface area (Å²) >= 11 is 1.42. The van der Waals surface area contributed by atoms with Crippen LogP contribution in [0.4, 0.5) is 0 Å². The average Bonchev–Trinajstić information content (AvgIpc) is 3.24. The molecule has 5 rings (SSSR count). The van der Waals surface area contributed by atoms with Gasteiger partial charge in [0.15, 0.2) is 5.82 Å². The third-order valence-electron chi connectivity index (χ3n) is 4.85. The summed E-state index contributed by atoms with van der Waals surface area (Å²) in [5.74, 6) is 0.620. The lowest BCUT2D eigenvalue weighted by Crippen LogP contribution is -2.01. The van der Waals surface area contributed by atoms with Crippen LogP contribution in [0.1, 0.15) is 11.1 Å². The molecule has 0 aliphatic heterocycles. The molecule has 0 saturated heterocycles. The molecule has 0 unspecified atom stereocenters. The highest BCUT2D eigenvalue weighted by Gasteiger charge is 2.16. The Morgan fingerprint density at radius 1 is 0.900 bits per heavy atom. The third-order valence-corrected chi connectivity index (χ3v) is 5.79. The van der Waals surface area contributed by atoms with Crippen molar-refractivity contribution in [3.63, 3.8) is 0 Å². The molecule has 0 fully saturated rings. The van der Waals surface area contributed by atoms with Crippen molar-refractivity contribution in [1.29, 1.82) is 0 Å². The minimum Gasteiger partial charge on any atom is -0.264 e. The molecule has 8 heteroatoms. The first-order valence-electron chi connectivity index (χ1n) is 9.40. The van der Waals surface area contributed by atoms with Gasteiger partial charge >= 0.3 is 0 Å². The van der Waals surface area contributed by atoms with Gasteiger partial charge in [0.25, 0.3) is 0 Å². The smallest absolute Gasteiger partial charge is 0.220 e. The summed E-state index contributed by atoms with van der Waals surface area (Å²) in [6.07, 6.45) is 3.50. The zero-order valence-electron chi connectivity index (χ0n) is 16.4. The van der Waals surface area contributed by atoms with Crippen molar-refractivity contribution in [3.05, 3.63) is 78.1 Å². The van der Waals surface area contributed by atoms with E-state index in [4.69, 9.17) is 9.97 Å². The largest absolute Gasteiger partial charge is 0.264 e. The second-order valence-corrected chi connectivity index (χ2v) is 7.81. The molecule has 0 saturated carbocycles. The molecule has 2 aromatic carbocycles. The van der Waals surface area contributed by atoms with Gasteiger partial charge in [-0.25, -0.2) is 9.97 Å². The van der Waals surface area contributed by atoms with E-state index in [-0.39, 0.29) is 0 Å². The second-order valence-electron chi connectivity index (χ2n) is 6.86. The zero-order valence-corrected chi connectivity index (χ0v) is 17.2. The lowest BCUT2D eigenvalue weighted by Gasteiger charge is -2.09. The number of para-hydroxylation sites is 1. The van der Waals surface area contributed by atoms with Crippen LogP contribution >= 0.6 is 11.8 Å². The Morgan fingerprint density at radius 2 is 1.80 bits per heavy atom. The van der Waals surface area contributed by atoms with E-state index in [1.54, 1.807) is 17.1 Å². The molecule has 0 bridgehead atoms. The lowest BCUT2D eigenvalue weighted by atomic mass is 10.1. The van der Waals surface area contributed by atoms with Crippen LogP contribution in [0.5, 0.6) is 0 Å². The number of hydrogen-bond acceptors (Lipinski definition) is 7. The van der Waals surface area contributed by atoms with Gasteiger partial charge in [0.05, 0.1) is 11.2 Å². The van der Waals surface area contributed by atoms with Crippen molar-refractivity contribution in [3.8, 4) is 17.1 Å². The van der Waals surface area contributed by atoms with Crippen LogP contribution in [0.25, 0.3) is 28.0 Å². The first-order chi connectivity index (χ1) is 14.7. The normalized spacial score (nSPS) is 11.1. The number of nitrogens with zero attached hydrogens (tertiary/aromatic N) is 7. The molecular formula is C22H17N7S. The Morgan fingerprint density at radius 3 is 2.63 bits per heavy atom. The van der Waals surface area contributed by atoms with E-state index >= 15 is 0 Å². The molecule has 0 radical (unpaired) electrons. The summed E-state index contributed by atoms with van der Waals surface area (Å²) in [6.45, 7) is 4.16. The Hall–Kier alpha value is -3.65. The number of tetrazole rings is 1. The molecule has 0 N–H and O–H groups in total. The van der Waals surface area contributed by atoms with Gasteiger partial charge in [-0.3, -0.25) is 4.98 Å². The fourth-order valence-electron chi connectivity index (χ4n) is 3.10. The number of aryl methyl sites for hydroxylation is 2. The van der Waals surface area contributed by atoms with Gasteiger partial charge in [0.1, 0.15) is 5.03 Å². The maximum atomic E-state index is 4.82. The van der Waals surface area contributed by atoms with Crippen LogP contribution in [0, 0.1) is 13.8 Å². The second kappa shape index (κ2) is 7.64. The summed E-state index contributed by atoms with van der Waals surface area (Å²) in [4.78, 5) is 13.7. The summed E-state index contributed by atoms with van der Waals surface area (Å²) in [7, 11) is 0. The van der Waals surface area contributed by atoms with E-state index in [0.29, 0.717) is 11.0 Å². The molecular weight excluding hydrogens is 394 g/mol. The first kappa shape index (κ1) is 18.4. The van der Waals surface area contributed by atoms with Crippen molar-refractivity contribution >= 4 is 22.7 Å². The number of rotatable bonds is 4. The summed E-state index contributed by atoms with van der Waals surface area (Å²) in [5, 5.41) is 14.7. The predicted octanol–water partition coefficient (Wildman–Crippen LogP) is 4.44. The van der Waals surface area contributed by atoms with Crippen molar-refractivity contribution < 1.29 is 0 Å². The van der Waals surface area contributed by atoms with Gasteiger partial charge in [-0.1, -0.05) is 24.3 Å². The van der Waals surface area contributed by atoms with Gasteiger partial charge in [0.2, 0.25) is 5.16 Å². The summed E-state index contributed by atoms with van der Waals surface area (Å²) < 4.78 is 1.73. The molecule has 5 aromatic rings. The van der Waals surface area contributed by atoms with E-state index in [9.17, 15) is 0 Å². The quantitative estimate of drug-likeness (QED) is 0.404. The number of aromatic nitrogens is 7. The SMILES string of the molecule is Cc1ccc(-n2nnnc2Sc2nc(-c3cccnc3)nc3ccccc23)cc1C. The Kier molecular flexibility index (Phi) is 4.68. The molecule has 30 heavy (non-hydrogen) atoms. The molecule has 146 valence electrons. The van der Waals surface area contributed by atoms with Crippen LogP contribution in [0.3, 0.4) is 0 Å². The fraction of sp³-hybridized carbons (Fsp3) is 0.0909. The summed E-state index contributed by atoms with van der Waals surface area (Å²) in [5.41, 5.74) is 5.04. The Labute approximate surface area is 177 Å². The van der Waals surface area contributed by atoms with Crippen molar-refractivity contribution in [2.24, 2.45) is 0 Å².